The fraction of sp³-hybridized carbons (Fsp3) is 0.200. The second kappa shape index (κ2) is 7.66. The summed E-state index contributed by atoms with van der Waals surface area (Å²) in [5.74, 6) is 0.504. The first kappa shape index (κ1) is 16.8. The predicted octanol–water partition coefficient (Wildman–Crippen LogP) is 3.34. The Morgan fingerprint density at radius 3 is 2.56 bits per heavy atom. The first-order valence-electron chi connectivity index (χ1n) is 8.19. The maximum Gasteiger partial charge on any atom is 0.258 e. The van der Waals surface area contributed by atoms with E-state index in [1.54, 1.807) is 10.9 Å². The molecule has 0 saturated heterocycles. The highest BCUT2D eigenvalue weighted by Crippen LogP contribution is 2.29. The van der Waals surface area contributed by atoms with Crippen LogP contribution in [-0.4, -0.2) is 22.3 Å². The van der Waals surface area contributed by atoms with E-state index in [2.05, 4.69) is 10.4 Å². The molecule has 0 saturated carbocycles. The fourth-order valence-electron chi connectivity index (χ4n) is 2.69. The van der Waals surface area contributed by atoms with Gasteiger partial charge in [0.15, 0.2) is 6.61 Å². The van der Waals surface area contributed by atoms with Gasteiger partial charge in [0.1, 0.15) is 5.75 Å². The number of aryl methyl sites for hydroxylation is 1. The van der Waals surface area contributed by atoms with Gasteiger partial charge in [0, 0.05) is 18.8 Å². The zero-order valence-electron chi connectivity index (χ0n) is 14.3. The highest BCUT2D eigenvalue weighted by atomic mass is 16.5. The van der Waals surface area contributed by atoms with Crippen molar-refractivity contribution in [3.63, 3.8) is 0 Å². The van der Waals surface area contributed by atoms with Crippen LogP contribution in [0.1, 0.15) is 18.5 Å². The van der Waals surface area contributed by atoms with Crippen LogP contribution in [0.3, 0.4) is 0 Å². The van der Waals surface area contributed by atoms with Crippen molar-refractivity contribution in [1.29, 1.82) is 0 Å². The van der Waals surface area contributed by atoms with Crippen molar-refractivity contribution in [2.45, 2.75) is 13.0 Å². The number of amides is 1. The van der Waals surface area contributed by atoms with Crippen molar-refractivity contribution in [3.05, 3.63) is 72.4 Å². The summed E-state index contributed by atoms with van der Waals surface area (Å²) in [6.07, 6.45) is 1.74. The Morgan fingerprint density at radius 2 is 1.84 bits per heavy atom. The molecule has 3 aromatic rings. The van der Waals surface area contributed by atoms with Crippen molar-refractivity contribution >= 4 is 5.91 Å². The summed E-state index contributed by atoms with van der Waals surface area (Å²) in [6, 6.07) is 19.3. The molecule has 1 amide bonds. The van der Waals surface area contributed by atoms with Crippen LogP contribution < -0.4 is 10.1 Å². The Bertz CT molecular complexity index is 843. The van der Waals surface area contributed by atoms with Crippen LogP contribution in [0.2, 0.25) is 0 Å². The minimum absolute atomic E-state index is 0.0357. The van der Waals surface area contributed by atoms with Gasteiger partial charge in [0.25, 0.3) is 5.91 Å². The molecule has 0 unspecified atom stereocenters. The number of hydrogen-bond donors (Lipinski definition) is 1. The van der Waals surface area contributed by atoms with E-state index in [0.29, 0.717) is 5.75 Å². The van der Waals surface area contributed by atoms with E-state index in [0.717, 1.165) is 16.8 Å². The van der Waals surface area contributed by atoms with Gasteiger partial charge in [-0.1, -0.05) is 42.5 Å². The number of aromatic nitrogens is 2. The van der Waals surface area contributed by atoms with Crippen molar-refractivity contribution in [2.24, 2.45) is 7.05 Å². The summed E-state index contributed by atoms with van der Waals surface area (Å²) < 4.78 is 7.54. The lowest BCUT2D eigenvalue weighted by atomic mass is 10.1. The zero-order chi connectivity index (χ0) is 17.6. The summed E-state index contributed by atoms with van der Waals surface area (Å²) in [7, 11) is 1.88. The lowest BCUT2D eigenvalue weighted by Gasteiger charge is -2.15. The maximum absolute atomic E-state index is 12.2. The lowest BCUT2D eigenvalue weighted by molar-refractivity contribution is -0.123. The average molecular weight is 335 g/mol. The van der Waals surface area contributed by atoms with E-state index in [-0.39, 0.29) is 18.6 Å². The third kappa shape index (κ3) is 4.07. The highest BCUT2D eigenvalue weighted by molar-refractivity contribution is 5.78. The molecule has 0 aliphatic heterocycles. The van der Waals surface area contributed by atoms with Crippen LogP contribution >= 0.6 is 0 Å². The summed E-state index contributed by atoms with van der Waals surface area (Å²) in [5.41, 5.74) is 2.91. The van der Waals surface area contributed by atoms with Crippen LogP contribution in [0.4, 0.5) is 0 Å². The Hall–Kier alpha value is -3.08. The predicted molar refractivity (Wildman–Crippen MR) is 97.1 cm³/mol. The van der Waals surface area contributed by atoms with Gasteiger partial charge in [-0.2, -0.15) is 5.10 Å². The van der Waals surface area contributed by atoms with Gasteiger partial charge in [-0.15, -0.1) is 0 Å². The number of nitrogens with one attached hydrogen (secondary N) is 1. The number of rotatable bonds is 6. The standard InChI is InChI=1S/C20H21N3O2/c1-15(16-8-4-3-5-9-16)22-20(24)14-25-19-11-7-6-10-17(19)18-12-13-21-23(18)2/h3-13,15H,14H2,1-2H3,(H,22,24)/t15-/m0/s1. The number of ether oxygens (including phenoxy) is 1. The molecular weight excluding hydrogens is 314 g/mol. The molecule has 5 heteroatoms. The molecule has 128 valence electrons. The van der Waals surface area contributed by atoms with E-state index in [4.69, 9.17) is 4.74 Å². The van der Waals surface area contributed by atoms with Gasteiger partial charge >= 0.3 is 0 Å². The first-order valence-corrected chi connectivity index (χ1v) is 8.19. The van der Waals surface area contributed by atoms with Crippen LogP contribution in [0.15, 0.2) is 66.9 Å². The maximum atomic E-state index is 12.2. The summed E-state index contributed by atoms with van der Waals surface area (Å²) in [4.78, 5) is 12.2. The number of benzene rings is 2. The quantitative estimate of drug-likeness (QED) is 0.752. The highest BCUT2D eigenvalue weighted by Gasteiger charge is 2.13. The average Bonchev–Trinajstić information content (AvgIpc) is 3.06. The second-order valence-electron chi connectivity index (χ2n) is 5.82. The Labute approximate surface area is 147 Å². The number of nitrogens with zero attached hydrogens (tertiary/aromatic N) is 2. The van der Waals surface area contributed by atoms with Crippen molar-refractivity contribution in [3.8, 4) is 17.0 Å². The molecule has 0 fully saturated rings. The van der Waals surface area contributed by atoms with Gasteiger partial charge in [-0.3, -0.25) is 9.48 Å². The van der Waals surface area contributed by atoms with E-state index in [9.17, 15) is 4.79 Å². The monoisotopic (exact) mass is 335 g/mol. The van der Waals surface area contributed by atoms with Gasteiger partial charge in [0.2, 0.25) is 0 Å². The second-order valence-corrected chi connectivity index (χ2v) is 5.82. The molecule has 0 spiro atoms. The topological polar surface area (TPSA) is 56.1 Å². The van der Waals surface area contributed by atoms with Crippen LogP contribution in [-0.2, 0) is 11.8 Å². The Balaban J connectivity index is 1.64. The van der Waals surface area contributed by atoms with E-state index < -0.39 is 0 Å². The first-order chi connectivity index (χ1) is 12.1. The molecule has 3 rings (SSSR count). The van der Waals surface area contributed by atoms with E-state index in [1.807, 2.05) is 74.6 Å². The van der Waals surface area contributed by atoms with Gasteiger partial charge in [-0.25, -0.2) is 0 Å². The SMILES string of the molecule is C[C@H](NC(=O)COc1ccccc1-c1ccnn1C)c1ccccc1. The molecular formula is C20H21N3O2. The van der Waals surface area contributed by atoms with Crippen molar-refractivity contribution < 1.29 is 9.53 Å². The van der Waals surface area contributed by atoms with Crippen LogP contribution in [0, 0.1) is 0 Å². The molecule has 1 atom stereocenters. The number of carbonyl (C=O) groups excluding carboxylic acids is 1. The number of para-hydroxylation sites is 1. The van der Waals surface area contributed by atoms with Gasteiger partial charge in [0.05, 0.1) is 11.7 Å². The van der Waals surface area contributed by atoms with Gasteiger partial charge < -0.3 is 10.1 Å². The Kier molecular flexibility index (Phi) is 5.14. The molecule has 0 radical (unpaired) electrons. The normalized spacial score (nSPS) is 11.8. The smallest absolute Gasteiger partial charge is 0.258 e. The number of carbonyl (C=O) groups is 1. The molecule has 1 aromatic heterocycles. The van der Waals surface area contributed by atoms with Crippen molar-refractivity contribution in [1.82, 2.24) is 15.1 Å². The molecule has 1 heterocycles. The molecule has 1 N–H and O–H groups in total. The summed E-state index contributed by atoms with van der Waals surface area (Å²) in [6.45, 7) is 1.92. The number of hydrogen-bond acceptors (Lipinski definition) is 3. The summed E-state index contributed by atoms with van der Waals surface area (Å²) >= 11 is 0. The van der Waals surface area contributed by atoms with Crippen molar-refractivity contribution in [2.75, 3.05) is 6.61 Å². The molecule has 25 heavy (non-hydrogen) atoms. The van der Waals surface area contributed by atoms with Crippen LogP contribution in [0.25, 0.3) is 11.3 Å². The third-order valence-corrected chi connectivity index (χ3v) is 4.02. The molecule has 2 aromatic carbocycles. The zero-order valence-corrected chi connectivity index (χ0v) is 14.3. The molecule has 0 bridgehead atoms. The largest absolute Gasteiger partial charge is 0.483 e. The van der Waals surface area contributed by atoms with Crippen LogP contribution in [0.5, 0.6) is 5.75 Å². The minimum Gasteiger partial charge on any atom is -0.483 e. The lowest BCUT2D eigenvalue weighted by Crippen LogP contribution is -2.31. The van der Waals surface area contributed by atoms with Gasteiger partial charge in [-0.05, 0) is 30.7 Å². The molecule has 5 nitrogen and oxygen atoms in total. The Morgan fingerprint density at radius 1 is 1.12 bits per heavy atom. The van der Waals surface area contributed by atoms with E-state index in [1.165, 1.54) is 0 Å². The molecule has 0 aliphatic rings. The third-order valence-electron chi connectivity index (χ3n) is 4.02. The molecule has 0 aliphatic carbocycles. The summed E-state index contributed by atoms with van der Waals surface area (Å²) in [5, 5.41) is 7.13. The minimum atomic E-state index is -0.156. The van der Waals surface area contributed by atoms with E-state index >= 15 is 0 Å². The fourth-order valence-corrected chi connectivity index (χ4v) is 2.69.